The minimum atomic E-state index is 0.437. The number of rotatable bonds is 2. The van der Waals surface area contributed by atoms with Gasteiger partial charge in [0.25, 0.3) is 0 Å². The molecule has 0 spiro atoms. The lowest BCUT2D eigenvalue weighted by atomic mass is 9.83. The number of carbonyl (C=O) groups is 1. The Morgan fingerprint density at radius 3 is 2.71 bits per heavy atom. The molecule has 0 aliphatic carbocycles. The van der Waals surface area contributed by atoms with Crippen LogP contribution in [0.25, 0.3) is 0 Å². The average Bonchev–Trinajstić information content (AvgIpc) is 2.65. The molecule has 3 rings (SSSR count). The zero-order valence-corrected chi connectivity index (χ0v) is 10.2. The molecular formula is C13H18N2O2. The molecule has 0 aromatic carbocycles. The van der Waals surface area contributed by atoms with Crippen LogP contribution in [0.5, 0.6) is 0 Å². The molecule has 1 aromatic rings. The minimum absolute atomic E-state index is 0.437. The Morgan fingerprint density at radius 1 is 1.41 bits per heavy atom. The average molecular weight is 234 g/mol. The van der Waals surface area contributed by atoms with E-state index in [9.17, 15) is 4.79 Å². The number of ketones is 1. The molecule has 0 radical (unpaired) electrons. The predicted octanol–water partition coefficient (Wildman–Crippen LogP) is 2.07. The third-order valence-corrected chi connectivity index (χ3v) is 3.96. The van der Waals surface area contributed by atoms with Crippen LogP contribution in [-0.2, 0) is 11.3 Å². The minimum Gasteiger partial charge on any atom is -0.361 e. The third-order valence-electron chi connectivity index (χ3n) is 3.96. The van der Waals surface area contributed by atoms with Crippen molar-refractivity contribution in [3.05, 3.63) is 17.5 Å². The van der Waals surface area contributed by atoms with E-state index in [-0.39, 0.29) is 0 Å². The van der Waals surface area contributed by atoms with Gasteiger partial charge in [0.15, 0.2) is 0 Å². The smallest absolute Gasteiger partial charge is 0.136 e. The second-order valence-electron chi connectivity index (χ2n) is 5.29. The molecule has 2 bridgehead atoms. The highest BCUT2D eigenvalue weighted by Gasteiger charge is 2.37. The maximum atomic E-state index is 11.6. The highest BCUT2D eigenvalue weighted by molar-refractivity contribution is 5.80. The van der Waals surface area contributed by atoms with Gasteiger partial charge in [0, 0.05) is 37.5 Å². The van der Waals surface area contributed by atoms with Crippen LogP contribution in [0, 0.1) is 6.92 Å². The summed E-state index contributed by atoms with van der Waals surface area (Å²) in [7, 11) is 0. The van der Waals surface area contributed by atoms with E-state index in [2.05, 4.69) is 10.1 Å². The summed E-state index contributed by atoms with van der Waals surface area (Å²) in [4.78, 5) is 14.1. The normalized spacial score (nSPS) is 29.6. The molecule has 17 heavy (non-hydrogen) atoms. The maximum Gasteiger partial charge on any atom is 0.136 e. The Labute approximate surface area is 101 Å². The number of piperidine rings is 2. The van der Waals surface area contributed by atoms with Crippen molar-refractivity contribution < 1.29 is 9.32 Å². The number of aryl methyl sites for hydroxylation is 1. The van der Waals surface area contributed by atoms with Gasteiger partial charge in [-0.05, 0) is 19.8 Å². The summed E-state index contributed by atoms with van der Waals surface area (Å²) >= 11 is 0. The number of hydrogen-bond acceptors (Lipinski definition) is 4. The van der Waals surface area contributed by atoms with Crippen LogP contribution in [0.3, 0.4) is 0 Å². The molecule has 0 amide bonds. The van der Waals surface area contributed by atoms with Gasteiger partial charge in [-0.2, -0.15) is 0 Å². The first kappa shape index (κ1) is 11.0. The van der Waals surface area contributed by atoms with Crippen molar-refractivity contribution in [2.45, 2.75) is 57.7 Å². The fourth-order valence-corrected chi connectivity index (χ4v) is 3.20. The number of hydrogen-bond donors (Lipinski definition) is 0. The predicted molar refractivity (Wildman–Crippen MR) is 62.5 cm³/mol. The van der Waals surface area contributed by atoms with E-state index in [1.165, 1.54) is 6.42 Å². The zero-order valence-electron chi connectivity index (χ0n) is 10.2. The molecule has 92 valence electrons. The summed E-state index contributed by atoms with van der Waals surface area (Å²) < 4.78 is 5.11. The number of nitrogens with zero attached hydrogens (tertiary/aromatic N) is 2. The molecule has 2 aliphatic heterocycles. The van der Waals surface area contributed by atoms with Crippen LogP contribution >= 0.6 is 0 Å². The quantitative estimate of drug-likeness (QED) is 0.786. The first-order valence-corrected chi connectivity index (χ1v) is 6.42. The molecular weight excluding hydrogens is 216 g/mol. The van der Waals surface area contributed by atoms with Gasteiger partial charge >= 0.3 is 0 Å². The molecule has 4 nitrogen and oxygen atoms in total. The summed E-state index contributed by atoms with van der Waals surface area (Å²) in [6, 6.07) is 2.87. The second-order valence-corrected chi connectivity index (χ2v) is 5.29. The summed E-state index contributed by atoms with van der Waals surface area (Å²) in [5, 5.41) is 4.05. The largest absolute Gasteiger partial charge is 0.361 e. The highest BCUT2D eigenvalue weighted by Crippen LogP contribution is 2.33. The van der Waals surface area contributed by atoms with Crippen LogP contribution in [0.1, 0.15) is 43.6 Å². The van der Waals surface area contributed by atoms with E-state index >= 15 is 0 Å². The summed E-state index contributed by atoms with van der Waals surface area (Å²) in [6.07, 6.45) is 5.02. The Hall–Kier alpha value is -1.16. The van der Waals surface area contributed by atoms with E-state index < -0.39 is 0 Å². The fraction of sp³-hybridized carbons (Fsp3) is 0.692. The van der Waals surface area contributed by atoms with Crippen molar-refractivity contribution >= 4 is 5.78 Å². The van der Waals surface area contributed by atoms with Gasteiger partial charge in [-0.1, -0.05) is 11.6 Å². The van der Waals surface area contributed by atoms with E-state index in [0.29, 0.717) is 17.9 Å². The van der Waals surface area contributed by atoms with Gasteiger partial charge in [-0.15, -0.1) is 0 Å². The first-order valence-electron chi connectivity index (χ1n) is 6.42. The Balaban J connectivity index is 1.76. The van der Waals surface area contributed by atoms with E-state index in [0.717, 1.165) is 43.7 Å². The molecule has 2 atom stereocenters. The van der Waals surface area contributed by atoms with Crippen LogP contribution < -0.4 is 0 Å². The topological polar surface area (TPSA) is 46.3 Å². The van der Waals surface area contributed by atoms with Gasteiger partial charge in [0.2, 0.25) is 0 Å². The standard InChI is InChI=1S/C13H18N2O2/c1-9-5-10(14-17-9)8-15-11-3-2-4-12(15)7-13(16)6-11/h5,11-12H,2-4,6-8H2,1H3. The van der Waals surface area contributed by atoms with E-state index in [1.54, 1.807) is 0 Å². The third kappa shape index (κ3) is 2.14. The number of aromatic nitrogens is 1. The second kappa shape index (κ2) is 4.26. The van der Waals surface area contributed by atoms with Crippen molar-refractivity contribution in [2.75, 3.05) is 0 Å². The fourth-order valence-electron chi connectivity index (χ4n) is 3.20. The molecule has 2 unspecified atom stereocenters. The van der Waals surface area contributed by atoms with Crippen molar-refractivity contribution in [3.8, 4) is 0 Å². The number of fused-ring (bicyclic) bond motifs is 2. The lowest BCUT2D eigenvalue weighted by molar-refractivity contribution is -0.127. The van der Waals surface area contributed by atoms with Gasteiger partial charge in [0.05, 0.1) is 5.69 Å². The zero-order chi connectivity index (χ0) is 11.8. The molecule has 3 heterocycles. The molecule has 0 N–H and O–H groups in total. The maximum absolute atomic E-state index is 11.6. The van der Waals surface area contributed by atoms with Gasteiger partial charge in [-0.3, -0.25) is 9.69 Å². The monoisotopic (exact) mass is 234 g/mol. The van der Waals surface area contributed by atoms with Crippen molar-refractivity contribution in [2.24, 2.45) is 0 Å². The first-order chi connectivity index (χ1) is 8.22. The summed E-state index contributed by atoms with van der Waals surface area (Å²) in [6.45, 7) is 2.75. The molecule has 0 saturated carbocycles. The Bertz CT molecular complexity index is 411. The lowest BCUT2D eigenvalue weighted by Crippen LogP contribution is -2.51. The van der Waals surface area contributed by atoms with Gasteiger partial charge in [-0.25, -0.2) is 0 Å². The van der Waals surface area contributed by atoms with Gasteiger partial charge < -0.3 is 4.52 Å². The van der Waals surface area contributed by atoms with Gasteiger partial charge in [0.1, 0.15) is 11.5 Å². The molecule has 2 saturated heterocycles. The Morgan fingerprint density at radius 2 is 2.12 bits per heavy atom. The Kier molecular flexibility index (Phi) is 2.74. The summed E-state index contributed by atoms with van der Waals surface area (Å²) in [5.41, 5.74) is 0.994. The van der Waals surface area contributed by atoms with E-state index in [1.807, 2.05) is 13.0 Å². The van der Waals surface area contributed by atoms with Crippen LogP contribution in [-0.4, -0.2) is 27.9 Å². The van der Waals surface area contributed by atoms with Crippen molar-refractivity contribution in [1.82, 2.24) is 10.1 Å². The van der Waals surface area contributed by atoms with Crippen LogP contribution in [0.15, 0.2) is 10.6 Å². The molecule has 2 fully saturated rings. The molecule has 1 aromatic heterocycles. The molecule has 4 heteroatoms. The lowest BCUT2D eigenvalue weighted by Gasteiger charge is -2.45. The highest BCUT2D eigenvalue weighted by atomic mass is 16.5. The van der Waals surface area contributed by atoms with Crippen LogP contribution in [0.2, 0.25) is 0 Å². The van der Waals surface area contributed by atoms with Crippen molar-refractivity contribution in [3.63, 3.8) is 0 Å². The SMILES string of the molecule is Cc1cc(CN2C3CCCC2CC(=O)C3)no1. The number of carbonyl (C=O) groups excluding carboxylic acids is 1. The summed E-state index contributed by atoms with van der Waals surface area (Å²) in [5.74, 6) is 1.30. The molecule has 2 aliphatic rings. The van der Waals surface area contributed by atoms with Crippen LogP contribution in [0.4, 0.5) is 0 Å². The van der Waals surface area contributed by atoms with E-state index in [4.69, 9.17) is 4.52 Å². The number of Topliss-reactive ketones (excluding diaryl/α,β-unsaturated/α-hetero) is 1. The van der Waals surface area contributed by atoms with Crippen molar-refractivity contribution in [1.29, 1.82) is 0 Å².